The number of aromatic nitrogens is 3. The lowest BCUT2D eigenvalue weighted by atomic mass is 10.3. The van der Waals surface area contributed by atoms with Gasteiger partial charge >= 0.3 is 0 Å². The average molecular weight is 315 g/mol. The Kier molecular flexibility index (Phi) is 4.74. The summed E-state index contributed by atoms with van der Waals surface area (Å²) in [5.41, 5.74) is 0.450. The molecule has 1 N–H and O–H groups in total. The van der Waals surface area contributed by atoms with Crippen molar-refractivity contribution < 1.29 is 9.90 Å². The molecular weight excluding hydrogens is 300 g/mol. The molecule has 1 unspecified atom stereocenters. The molecule has 0 saturated carbocycles. The Labute approximate surface area is 125 Å². The quantitative estimate of drug-likeness (QED) is 0.912. The SMILES string of the molecule is CC(O)c1cn(CC(=O)N(C)Cc2ccc(Cl)s2)nn1. The van der Waals surface area contributed by atoms with Gasteiger partial charge in [-0.25, -0.2) is 4.68 Å². The third kappa shape index (κ3) is 3.78. The number of amides is 1. The Morgan fingerprint density at radius 2 is 2.35 bits per heavy atom. The number of hydrogen-bond donors (Lipinski definition) is 1. The van der Waals surface area contributed by atoms with E-state index in [0.29, 0.717) is 16.6 Å². The zero-order chi connectivity index (χ0) is 14.7. The summed E-state index contributed by atoms with van der Waals surface area (Å²) >= 11 is 7.31. The molecule has 0 bridgehead atoms. The second kappa shape index (κ2) is 6.34. The summed E-state index contributed by atoms with van der Waals surface area (Å²) in [5, 5.41) is 17.0. The Balaban J connectivity index is 1.93. The Bertz CT molecular complexity index is 596. The molecular formula is C12H15ClN4O2S. The zero-order valence-corrected chi connectivity index (χ0v) is 12.7. The van der Waals surface area contributed by atoms with Crippen LogP contribution >= 0.6 is 22.9 Å². The van der Waals surface area contributed by atoms with E-state index in [9.17, 15) is 9.90 Å². The topological polar surface area (TPSA) is 71.2 Å². The number of rotatable bonds is 5. The summed E-state index contributed by atoms with van der Waals surface area (Å²) in [5.74, 6) is -0.0865. The number of aliphatic hydroxyl groups excluding tert-OH is 1. The monoisotopic (exact) mass is 314 g/mol. The van der Waals surface area contributed by atoms with Crippen molar-refractivity contribution in [2.75, 3.05) is 7.05 Å². The van der Waals surface area contributed by atoms with Crippen LogP contribution in [0.3, 0.4) is 0 Å². The van der Waals surface area contributed by atoms with Crippen molar-refractivity contribution in [3.8, 4) is 0 Å². The largest absolute Gasteiger partial charge is 0.387 e. The van der Waals surface area contributed by atoms with Gasteiger partial charge < -0.3 is 10.0 Å². The first-order valence-electron chi connectivity index (χ1n) is 6.02. The number of nitrogens with zero attached hydrogens (tertiary/aromatic N) is 4. The minimum atomic E-state index is -0.690. The standard InChI is InChI=1S/C12H15ClN4O2S/c1-8(18)10-6-17(15-14-10)7-12(19)16(2)5-9-3-4-11(13)20-9/h3-4,6,8,18H,5,7H2,1-2H3. The van der Waals surface area contributed by atoms with Gasteiger partial charge in [0.05, 0.1) is 23.2 Å². The van der Waals surface area contributed by atoms with Crippen molar-refractivity contribution in [3.63, 3.8) is 0 Å². The maximum Gasteiger partial charge on any atom is 0.244 e. The molecule has 0 spiro atoms. The van der Waals surface area contributed by atoms with Crippen LogP contribution in [0.15, 0.2) is 18.3 Å². The second-order valence-corrected chi connectivity index (χ2v) is 6.27. The van der Waals surface area contributed by atoms with Gasteiger partial charge in [-0.05, 0) is 19.1 Å². The fourth-order valence-corrected chi connectivity index (χ4v) is 2.74. The molecule has 2 rings (SSSR count). The predicted molar refractivity (Wildman–Crippen MR) is 76.5 cm³/mol. The van der Waals surface area contributed by atoms with E-state index in [2.05, 4.69) is 10.3 Å². The lowest BCUT2D eigenvalue weighted by Crippen LogP contribution is -2.29. The molecule has 20 heavy (non-hydrogen) atoms. The van der Waals surface area contributed by atoms with Crippen molar-refractivity contribution in [3.05, 3.63) is 33.2 Å². The Morgan fingerprint density at radius 3 is 2.90 bits per heavy atom. The fraction of sp³-hybridized carbons (Fsp3) is 0.417. The summed E-state index contributed by atoms with van der Waals surface area (Å²) in [7, 11) is 1.72. The van der Waals surface area contributed by atoms with Crippen molar-refractivity contribution in [2.45, 2.75) is 26.1 Å². The Hall–Kier alpha value is -1.44. The van der Waals surface area contributed by atoms with Crippen LogP contribution in [0.1, 0.15) is 23.6 Å². The fourth-order valence-electron chi connectivity index (χ4n) is 1.60. The van der Waals surface area contributed by atoms with E-state index in [1.54, 1.807) is 25.1 Å². The van der Waals surface area contributed by atoms with Gasteiger partial charge in [-0.2, -0.15) is 0 Å². The summed E-state index contributed by atoms with van der Waals surface area (Å²) in [6.45, 7) is 2.20. The van der Waals surface area contributed by atoms with Gasteiger partial charge in [0.1, 0.15) is 12.2 Å². The number of halogens is 1. The molecule has 0 saturated heterocycles. The summed E-state index contributed by atoms with van der Waals surface area (Å²) in [6.07, 6.45) is 0.878. The van der Waals surface area contributed by atoms with Crippen LogP contribution in [0.4, 0.5) is 0 Å². The van der Waals surface area contributed by atoms with E-state index in [1.165, 1.54) is 16.0 Å². The van der Waals surface area contributed by atoms with Crippen molar-refractivity contribution in [1.29, 1.82) is 0 Å². The lowest BCUT2D eigenvalue weighted by Gasteiger charge is -2.15. The van der Waals surface area contributed by atoms with Crippen LogP contribution in [0.2, 0.25) is 4.34 Å². The zero-order valence-electron chi connectivity index (χ0n) is 11.2. The van der Waals surface area contributed by atoms with Crippen LogP contribution in [0.25, 0.3) is 0 Å². The third-order valence-electron chi connectivity index (χ3n) is 2.73. The van der Waals surface area contributed by atoms with E-state index in [4.69, 9.17) is 11.6 Å². The van der Waals surface area contributed by atoms with Crippen molar-refractivity contribution in [2.24, 2.45) is 0 Å². The Morgan fingerprint density at radius 1 is 1.60 bits per heavy atom. The molecule has 0 aliphatic carbocycles. The first kappa shape index (κ1) is 15.0. The van der Waals surface area contributed by atoms with Gasteiger partial charge in [0.2, 0.25) is 5.91 Å². The highest BCUT2D eigenvalue weighted by molar-refractivity contribution is 7.16. The van der Waals surface area contributed by atoms with E-state index >= 15 is 0 Å². The summed E-state index contributed by atoms with van der Waals surface area (Å²) in [4.78, 5) is 14.7. The van der Waals surface area contributed by atoms with Crippen LogP contribution in [0, 0.1) is 0 Å². The molecule has 0 radical (unpaired) electrons. The first-order valence-corrected chi connectivity index (χ1v) is 7.21. The predicted octanol–water partition coefficient (Wildman–Crippen LogP) is 1.70. The van der Waals surface area contributed by atoms with Gasteiger partial charge in [0.15, 0.2) is 0 Å². The molecule has 0 fully saturated rings. The van der Waals surface area contributed by atoms with Crippen LogP contribution in [0.5, 0.6) is 0 Å². The molecule has 2 aromatic heterocycles. The molecule has 2 heterocycles. The van der Waals surface area contributed by atoms with Crippen LogP contribution < -0.4 is 0 Å². The number of carbonyl (C=O) groups is 1. The minimum Gasteiger partial charge on any atom is -0.387 e. The van der Waals surface area contributed by atoms with E-state index in [0.717, 1.165) is 4.88 Å². The smallest absolute Gasteiger partial charge is 0.244 e. The minimum absolute atomic E-state index is 0.0865. The number of thiophene rings is 1. The van der Waals surface area contributed by atoms with E-state index in [-0.39, 0.29) is 12.5 Å². The third-order valence-corrected chi connectivity index (χ3v) is 3.95. The maximum atomic E-state index is 12.0. The normalized spacial score (nSPS) is 12.4. The van der Waals surface area contributed by atoms with Gasteiger partial charge in [-0.1, -0.05) is 16.8 Å². The highest BCUT2D eigenvalue weighted by Gasteiger charge is 2.13. The van der Waals surface area contributed by atoms with Crippen molar-refractivity contribution >= 4 is 28.8 Å². The maximum absolute atomic E-state index is 12.0. The summed E-state index contributed by atoms with van der Waals surface area (Å²) in [6, 6.07) is 3.71. The highest BCUT2D eigenvalue weighted by atomic mass is 35.5. The van der Waals surface area contributed by atoms with Gasteiger partial charge in [-0.15, -0.1) is 16.4 Å². The molecule has 0 aliphatic rings. The van der Waals surface area contributed by atoms with Crippen molar-refractivity contribution in [1.82, 2.24) is 19.9 Å². The number of hydrogen-bond acceptors (Lipinski definition) is 5. The number of carbonyl (C=O) groups excluding carboxylic acids is 1. The van der Waals surface area contributed by atoms with Crippen LogP contribution in [-0.4, -0.2) is 38.0 Å². The molecule has 0 aliphatic heterocycles. The van der Waals surface area contributed by atoms with E-state index < -0.39 is 6.10 Å². The highest BCUT2D eigenvalue weighted by Crippen LogP contribution is 2.22. The molecule has 1 atom stereocenters. The number of likely N-dealkylation sites (N-methyl/N-ethyl adjacent to an activating group) is 1. The molecule has 8 heteroatoms. The van der Waals surface area contributed by atoms with Crippen LogP contribution in [-0.2, 0) is 17.9 Å². The average Bonchev–Trinajstić information content (AvgIpc) is 2.98. The lowest BCUT2D eigenvalue weighted by molar-refractivity contribution is -0.131. The first-order chi connectivity index (χ1) is 9.45. The van der Waals surface area contributed by atoms with E-state index in [1.807, 2.05) is 12.1 Å². The molecule has 6 nitrogen and oxygen atoms in total. The summed E-state index contributed by atoms with van der Waals surface area (Å²) < 4.78 is 2.13. The molecule has 1 amide bonds. The van der Waals surface area contributed by atoms with Gasteiger partial charge in [-0.3, -0.25) is 4.79 Å². The number of aliphatic hydroxyl groups is 1. The molecule has 2 aromatic rings. The second-order valence-electron chi connectivity index (χ2n) is 4.47. The van der Waals surface area contributed by atoms with Gasteiger partial charge in [0.25, 0.3) is 0 Å². The van der Waals surface area contributed by atoms with Gasteiger partial charge in [0, 0.05) is 11.9 Å². The molecule has 0 aromatic carbocycles. The molecule has 108 valence electrons.